The maximum absolute atomic E-state index is 12.1. The molecule has 0 atom stereocenters. The number of hydrogen-bond acceptors (Lipinski definition) is 4. The molecule has 0 bridgehead atoms. The minimum Gasteiger partial charge on any atom is -0.357 e. The Morgan fingerprint density at radius 2 is 1.80 bits per heavy atom. The Morgan fingerprint density at radius 3 is 2.52 bits per heavy atom. The van der Waals surface area contributed by atoms with Crippen LogP contribution in [0.15, 0.2) is 30.3 Å². The molecule has 0 aliphatic carbocycles. The predicted molar refractivity (Wildman–Crippen MR) is 99.9 cm³/mol. The van der Waals surface area contributed by atoms with Gasteiger partial charge < -0.3 is 15.5 Å². The van der Waals surface area contributed by atoms with Gasteiger partial charge in [-0.2, -0.15) is 0 Å². The van der Waals surface area contributed by atoms with E-state index in [1.807, 2.05) is 44.2 Å². The number of nitrogens with one attached hydrogen (secondary N) is 2. The Kier molecular flexibility index (Phi) is 5.48. The van der Waals surface area contributed by atoms with Crippen LogP contribution >= 0.6 is 0 Å². The molecule has 25 heavy (non-hydrogen) atoms. The number of benzene rings is 1. The summed E-state index contributed by atoms with van der Waals surface area (Å²) in [6.07, 6.45) is 3.69. The third-order valence-electron chi connectivity index (χ3n) is 4.28. The van der Waals surface area contributed by atoms with E-state index < -0.39 is 0 Å². The summed E-state index contributed by atoms with van der Waals surface area (Å²) in [5, 5.41) is 5.64. The van der Waals surface area contributed by atoms with Gasteiger partial charge in [0.15, 0.2) is 0 Å². The average molecular weight is 339 g/mol. The van der Waals surface area contributed by atoms with Crippen molar-refractivity contribution in [2.45, 2.75) is 39.7 Å². The number of hydrogen-bond donors (Lipinski definition) is 2. The maximum Gasteiger partial charge on any atom is 0.319 e. The Labute approximate surface area is 148 Å². The van der Waals surface area contributed by atoms with E-state index in [9.17, 15) is 4.79 Å². The van der Waals surface area contributed by atoms with Crippen molar-refractivity contribution in [2.24, 2.45) is 0 Å². The van der Waals surface area contributed by atoms with Crippen molar-refractivity contribution in [1.29, 1.82) is 0 Å². The predicted octanol–water partition coefficient (Wildman–Crippen LogP) is 3.41. The summed E-state index contributed by atoms with van der Waals surface area (Å²) in [6, 6.07) is 9.45. The molecule has 3 rings (SSSR count). The second-order valence-corrected chi connectivity index (χ2v) is 6.51. The van der Waals surface area contributed by atoms with Crippen molar-refractivity contribution in [3.05, 3.63) is 47.4 Å². The Bertz CT molecular complexity index is 723. The highest BCUT2D eigenvalue weighted by molar-refractivity contribution is 5.89. The van der Waals surface area contributed by atoms with Crippen LogP contribution in [0.3, 0.4) is 0 Å². The van der Waals surface area contributed by atoms with Crippen molar-refractivity contribution >= 4 is 17.5 Å². The van der Waals surface area contributed by atoms with E-state index in [1.54, 1.807) is 0 Å². The monoisotopic (exact) mass is 339 g/mol. The Balaban J connectivity index is 1.59. The van der Waals surface area contributed by atoms with E-state index in [2.05, 4.69) is 25.5 Å². The zero-order valence-electron chi connectivity index (χ0n) is 14.9. The van der Waals surface area contributed by atoms with E-state index in [0.717, 1.165) is 35.9 Å². The number of anilines is 2. The molecular formula is C19H25N5O. The summed E-state index contributed by atoms with van der Waals surface area (Å²) in [5.74, 6) is 1.60. The number of carbonyl (C=O) groups is 1. The van der Waals surface area contributed by atoms with E-state index in [4.69, 9.17) is 0 Å². The van der Waals surface area contributed by atoms with Gasteiger partial charge in [-0.1, -0.05) is 17.7 Å². The third-order valence-corrected chi connectivity index (χ3v) is 4.28. The number of carbonyl (C=O) groups excluding carboxylic acids is 1. The molecule has 0 radical (unpaired) electrons. The molecule has 1 aromatic carbocycles. The lowest BCUT2D eigenvalue weighted by atomic mass is 10.1. The summed E-state index contributed by atoms with van der Waals surface area (Å²) in [6.45, 7) is 6.36. The largest absolute Gasteiger partial charge is 0.357 e. The van der Waals surface area contributed by atoms with Crippen LogP contribution in [0.5, 0.6) is 0 Å². The molecule has 1 saturated heterocycles. The lowest BCUT2D eigenvalue weighted by Gasteiger charge is -2.28. The van der Waals surface area contributed by atoms with Gasteiger partial charge >= 0.3 is 6.03 Å². The molecule has 1 aromatic heterocycles. The molecule has 2 aromatic rings. The fourth-order valence-electron chi connectivity index (χ4n) is 2.95. The Morgan fingerprint density at radius 1 is 1.08 bits per heavy atom. The van der Waals surface area contributed by atoms with Crippen LogP contribution in [0.1, 0.15) is 36.3 Å². The SMILES string of the molecule is Cc1ccc(NC(=O)NCc2nc(C)cc(N3CCCCC3)n2)cc1. The van der Waals surface area contributed by atoms with Crippen molar-refractivity contribution < 1.29 is 4.79 Å². The van der Waals surface area contributed by atoms with E-state index in [0.29, 0.717) is 12.4 Å². The van der Waals surface area contributed by atoms with Gasteiger partial charge in [0, 0.05) is 30.5 Å². The molecule has 2 heterocycles. The van der Waals surface area contributed by atoms with Crippen LogP contribution in [0.25, 0.3) is 0 Å². The fourth-order valence-corrected chi connectivity index (χ4v) is 2.95. The summed E-state index contributed by atoms with van der Waals surface area (Å²) >= 11 is 0. The topological polar surface area (TPSA) is 70.2 Å². The highest BCUT2D eigenvalue weighted by atomic mass is 16.2. The van der Waals surface area contributed by atoms with Crippen LogP contribution in [0, 0.1) is 13.8 Å². The zero-order valence-corrected chi connectivity index (χ0v) is 14.9. The van der Waals surface area contributed by atoms with E-state index in [-0.39, 0.29) is 6.03 Å². The summed E-state index contributed by atoms with van der Waals surface area (Å²) in [7, 11) is 0. The summed E-state index contributed by atoms with van der Waals surface area (Å²) in [4.78, 5) is 23.4. The highest BCUT2D eigenvalue weighted by Crippen LogP contribution is 2.18. The first-order valence-electron chi connectivity index (χ1n) is 8.81. The second kappa shape index (κ2) is 7.96. The molecule has 6 heteroatoms. The standard InChI is InChI=1S/C19H25N5O/c1-14-6-8-16(9-7-14)22-19(25)20-13-17-21-15(2)12-18(23-17)24-10-4-3-5-11-24/h6-9,12H,3-5,10-11,13H2,1-2H3,(H2,20,22,25). The molecule has 0 spiro atoms. The molecule has 1 aliphatic rings. The lowest BCUT2D eigenvalue weighted by molar-refractivity contribution is 0.251. The van der Waals surface area contributed by atoms with Crippen LogP contribution in [0.4, 0.5) is 16.3 Å². The van der Waals surface area contributed by atoms with Crippen molar-refractivity contribution in [3.8, 4) is 0 Å². The van der Waals surface area contributed by atoms with Crippen LogP contribution in [-0.2, 0) is 6.54 Å². The van der Waals surface area contributed by atoms with Crippen molar-refractivity contribution in [3.63, 3.8) is 0 Å². The first-order valence-corrected chi connectivity index (χ1v) is 8.81. The smallest absolute Gasteiger partial charge is 0.319 e. The Hall–Kier alpha value is -2.63. The zero-order chi connectivity index (χ0) is 17.6. The number of aryl methyl sites for hydroxylation is 2. The van der Waals surface area contributed by atoms with Crippen LogP contribution in [0.2, 0.25) is 0 Å². The fraction of sp³-hybridized carbons (Fsp3) is 0.421. The molecule has 0 unspecified atom stereocenters. The van der Waals surface area contributed by atoms with Gasteiger partial charge in [-0.15, -0.1) is 0 Å². The minimum atomic E-state index is -0.256. The van der Waals surface area contributed by atoms with Gasteiger partial charge in [-0.25, -0.2) is 14.8 Å². The first kappa shape index (κ1) is 17.2. The molecule has 2 N–H and O–H groups in total. The number of aromatic nitrogens is 2. The van der Waals surface area contributed by atoms with Gasteiger partial charge in [0.2, 0.25) is 0 Å². The van der Waals surface area contributed by atoms with E-state index >= 15 is 0 Å². The highest BCUT2D eigenvalue weighted by Gasteiger charge is 2.14. The summed E-state index contributed by atoms with van der Waals surface area (Å²) in [5.41, 5.74) is 2.85. The first-order chi connectivity index (χ1) is 12.1. The molecule has 1 fully saturated rings. The van der Waals surface area contributed by atoms with Gasteiger partial charge in [-0.05, 0) is 45.2 Å². The normalized spacial score (nSPS) is 14.2. The number of amides is 2. The minimum absolute atomic E-state index is 0.256. The quantitative estimate of drug-likeness (QED) is 0.895. The van der Waals surface area contributed by atoms with Gasteiger partial charge in [-0.3, -0.25) is 0 Å². The average Bonchev–Trinajstić information content (AvgIpc) is 2.62. The van der Waals surface area contributed by atoms with E-state index in [1.165, 1.54) is 19.3 Å². The molecular weight excluding hydrogens is 314 g/mol. The van der Waals surface area contributed by atoms with Gasteiger partial charge in [0.05, 0.1) is 6.54 Å². The number of urea groups is 1. The van der Waals surface area contributed by atoms with Crippen molar-refractivity contribution in [1.82, 2.24) is 15.3 Å². The van der Waals surface area contributed by atoms with Crippen LogP contribution < -0.4 is 15.5 Å². The van der Waals surface area contributed by atoms with Crippen molar-refractivity contribution in [2.75, 3.05) is 23.3 Å². The molecule has 2 amide bonds. The number of nitrogens with zero attached hydrogens (tertiary/aromatic N) is 3. The molecule has 0 saturated carbocycles. The second-order valence-electron chi connectivity index (χ2n) is 6.51. The van der Waals surface area contributed by atoms with Gasteiger partial charge in [0.25, 0.3) is 0 Å². The maximum atomic E-state index is 12.1. The van der Waals surface area contributed by atoms with Gasteiger partial charge in [0.1, 0.15) is 11.6 Å². The number of piperidine rings is 1. The number of rotatable bonds is 4. The molecule has 132 valence electrons. The lowest BCUT2D eigenvalue weighted by Crippen LogP contribution is -2.32. The summed E-state index contributed by atoms with van der Waals surface area (Å²) < 4.78 is 0. The third kappa shape index (κ3) is 4.92. The molecule has 6 nitrogen and oxygen atoms in total. The van der Waals surface area contributed by atoms with Crippen LogP contribution in [-0.4, -0.2) is 29.1 Å². The molecule has 1 aliphatic heterocycles.